The Morgan fingerprint density at radius 1 is 1.03 bits per heavy atom. The number of benzene rings is 2. The first-order chi connectivity index (χ1) is 15.2. The van der Waals surface area contributed by atoms with Crippen molar-refractivity contribution >= 4 is 27.5 Å². The second-order valence-corrected chi connectivity index (χ2v) is 9.35. The number of carbonyl (C=O) groups excluding carboxylic acids is 2. The van der Waals surface area contributed by atoms with E-state index in [1.54, 1.807) is 6.92 Å². The monoisotopic (exact) mass is 463 g/mol. The van der Waals surface area contributed by atoms with Crippen molar-refractivity contribution in [3.05, 3.63) is 66.0 Å². The summed E-state index contributed by atoms with van der Waals surface area (Å²) >= 11 is 0. The number of hydrogen-bond donors (Lipinski definition) is 1. The molecule has 0 aliphatic heterocycles. The molecule has 9 heteroatoms. The molecule has 0 bridgehead atoms. The van der Waals surface area contributed by atoms with Gasteiger partial charge in [0.15, 0.2) is 0 Å². The Morgan fingerprint density at radius 3 is 2.22 bits per heavy atom. The third-order valence-electron chi connectivity index (χ3n) is 4.93. The average molecular weight is 464 g/mol. The highest BCUT2D eigenvalue weighted by Gasteiger charge is 2.32. The van der Waals surface area contributed by atoms with Crippen molar-refractivity contribution < 1.29 is 22.4 Å². The normalized spacial score (nSPS) is 12.1. The molecule has 0 radical (unpaired) electrons. The minimum atomic E-state index is -3.96. The highest BCUT2D eigenvalue weighted by atomic mass is 32.2. The molecule has 174 valence electrons. The summed E-state index contributed by atoms with van der Waals surface area (Å²) in [6, 6.07) is 13.7. The minimum absolute atomic E-state index is 0.118. The maximum absolute atomic E-state index is 14.4. The third-order valence-corrected chi connectivity index (χ3v) is 6.06. The molecule has 0 aliphatic rings. The largest absolute Gasteiger partial charge is 0.354 e. The number of anilines is 1. The number of para-hydroxylation sites is 1. The number of halogens is 1. The van der Waals surface area contributed by atoms with Crippen LogP contribution < -0.4 is 9.62 Å². The molecular formula is C23H30FN3O4S. The van der Waals surface area contributed by atoms with Crippen molar-refractivity contribution in [3.8, 4) is 0 Å². The molecule has 0 heterocycles. The van der Waals surface area contributed by atoms with Crippen LogP contribution in [0.2, 0.25) is 0 Å². The Labute approximate surface area is 189 Å². The standard InChI is InChI=1S/C23H30FN3O4S/c1-4-15-25-23(29)20(5-2)26(16-18-11-7-6-8-12-18)22(28)17-27(32(3,30)31)21-14-10-9-13-19(21)24/h6-14,20H,4-5,15-17H2,1-3H3,(H,25,29)/t20-/m0/s1. The third kappa shape index (κ3) is 6.78. The van der Waals surface area contributed by atoms with E-state index < -0.39 is 34.3 Å². The zero-order valence-electron chi connectivity index (χ0n) is 18.6. The average Bonchev–Trinajstić information content (AvgIpc) is 2.76. The minimum Gasteiger partial charge on any atom is -0.354 e. The summed E-state index contributed by atoms with van der Waals surface area (Å²) in [5, 5.41) is 2.80. The van der Waals surface area contributed by atoms with Crippen LogP contribution in [0.5, 0.6) is 0 Å². The summed E-state index contributed by atoms with van der Waals surface area (Å²) in [7, 11) is -3.96. The number of carbonyl (C=O) groups is 2. The smallest absolute Gasteiger partial charge is 0.244 e. The van der Waals surface area contributed by atoms with Crippen LogP contribution in [0.15, 0.2) is 54.6 Å². The van der Waals surface area contributed by atoms with E-state index in [4.69, 9.17) is 0 Å². The second-order valence-electron chi connectivity index (χ2n) is 7.44. The van der Waals surface area contributed by atoms with E-state index in [1.807, 2.05) is 37.3 Å². The van der Waals surface area contributed by atoms with Gasteiger partial charge in [0, 0.05) is 13.1 Å². The van der Waals surface area contributed by atoms with Gasteiger partial charge in [0.1, 0.15) is 18.4 Å². The molecule has 2 rings (SSSR count). The number of rotatable bonds is 11. The van der Waals surface area contributed by atoms with Gasteiger partial charge >= 0.3 is 0 Å². The van der Waals surface area contributed by atoms with Gasteiger partial charge in [-0.25, -0.2) is 12.8 Å². The molecule has 0 fully saturated rings. The lowest BCUT2D eigenvalue weighted by Crippen LogP contribution is -2.52. The Kier molecular flexibility index (Phi) is 9.19. The maximum atomic E-state index is 14.4. The molecule has 0 unspecified atom stereocenters. The molecule has 0 aromatic heterocycles. The lowest BCUT2D eigenvalue weighted by atomic mass is 10.1. The highest BCUT2D eigenvalue weighted by molar-refractivity contribution is 7.92. The molecule has 7 nitrogen and oxygen atoms in total. The summed E-state index contributed by atoms with van der Waals surface area (Å²) in [6.07, 6.45) is 2.00. The lowest BCUT2D eigenvalue weighted by molar-refractivity contribution is -0.140. The molecule has 0 aliphatic carbocycles. The van der Waals surface area contributed by atoms with Crippen molar-refractivity contribution in [3.63, 3.8) is 0 Å². The molecule has 1 atom stereocenters. The van der Waals surface area contributed by atoms with Crippen molar-refractivity contribution in [1.82, 2.24) is 10.2 Å². The summed E-state index contributed by atoms with van der Waals surface area (Å²) in [6.45, 7) is 3.67. The lowest BCUT2D eigenvalue weighted by Gasteiger charge is -2.32. The molecule has 2 aromatic rings. The molecule has 0 spiro atoms. The zero-order chi connectivity index (χ0) is 23.7. The molecule has 32 heavy (non-hydrogen) atoms. The number of hydrogen-bond acceptors (Lipinski definition) is 4. The SMILES string of the molecule is CCCNC(=O)[C@H](CC)N(Cc1ccccc1)C(=O)CN(c1ccccc1F)S(C)(=O)=O. The summed E-state index contributed by atoms with van der Waals surface area (Å²) in [5.41, 5.74) is 0.575. The van der Waals surface area contributed by atoms with Gasteiger partial charge in [0.25, 0.3) is 0 Å². The molecule has 1 N–H and O–H groups in total. The van der Waals surface area contributed by atoms with Crippen LogP contribution >= 0.6 is 0 Å². The molecule has 2 amide bonds. The number of nitrogens with one attached hydrogen (secondary N) is 1. The van der Waals surface area contributed by atoms with Crippen LogP contribution in [-0.4, -0.2) is 50.5 Å². The Balaban J connectivity index is 2.41. The number of sulfonamides is 1. The van der Waals surface area contributed by atoms with E-state index in [0.717, 1.165) is 28.6 Å². The van der Waals surface area contributed by atoms with Crippen LogP contribution in [-0.2, 0) is 26.2 Å². The summed E-state index contributed by atoms with van der Waals surface area (Å²) in [5.74, 6) is -1.66. The molecule has 0 saturated heterocycles. The first kappa shape index (κ1) is 25.3. The van der Waals surface area contributed by atoms with E-state index in [9.17, 15) is 22.4 Å². The van der Waals surface area contributed by atoms with Crippen molar-refractivity contribution in [2.75, 3.05) is 23.7 Å². The highest BCUT2D eigenvalue weighted by Crippen LogP contribution is 2.22. The van der Waals surface area contributed by atoms with Gasteiger partial charge in [-0.05, 0) is 30.5 Å². The van der Waals surface area contributed by atoms with E-state index in [0.29, 0.717) is 13.0 Å². The maximum Gasteiger partial charge on any atom is 0.244 e. The van der Waals surface area contributed by atoms with E-state index in [1.165, 1.54) is 23.1 Å². The van der Waals surface area contributed by atoms with E-state index in [-0.39, 0.29) is 18.1 Å². The van der Waals surface area contributed by atoms with Gasteiger partial charge in [0.05, 0.1) is 11.9 Å². The second kappa shape index (κ2) is 11.6. The predicted molar refractivity (Wildman–Crippen MR) is 123 cm³/mol. The molecule has 2 aromatic carbocycles. The van der Waals surface area contributed by atoms with Crippen LogP contribution in [0.25, 0.3) is 0 Å². The number of amides is 2. The summed E-state index contributed by atoms with van der Waals surface area (Å²) < 4.78 is 39.9. The van der Waals surface area contributed by atoms with Crippen molar-refractivity contribution in [2.45, 2.75) is 39.3 Å². The fourth-order valence-corrected chi connectivity index (χ4v) is 4.16. The van der Waals surface area contributed by atoms with Crippen LogP contribution in [0.4, 0.5) is 10.1 Å². The quantitative estimate of drug-likeness (QED) is 0.555. The van der Waals surface area contributed by atoms with Gasteiger partial charge in [0.2, 0.25) is 21.8 Å². The van der Waals surface area contributed by atoms with Gasteiger partial charge in [-0.2, -0.15) is 0 Å². The Morgan fingerprint density at radius 2 is 1.66 bits per heavy atom. The fraction of sp³-hybridized carbons (Fsp3) is 0.391. The van der Waals surface area contributed by atoms with Crippen molar-refractivity contribution in [1.29, 1.82) is 0 Å². The van der Waals surface area contributed by atoms with Gasteiger partial charge in [-0.1, -0.05) is 56.3 Å². The Hall–Kier alpha value is -2.94. The summed E-state index contributed by atoms with van der Waals surface area (Å²) in [4.78, 5) is 27.5. The molecular weight excluding hydrogens is 433 g/mol. The van der Waals surface area contributed by atoms with E-state index in [2.05, 4.69) is 5.32 Å². The number of nitrogens with zero attached hydrogens (tertiary/aromatic N) is 2. The topological polar surface area (TPSA) is 86.8 Å². The fourth-order valence-electron chi connectivity index (χ4n) is 3.31. The predicted octanol–water partition coefficient (Wildman–Crippen LogP) is 2.93. The molecule has 0 saturated carbocycles. The van der Waals surface area contributed by atoms with E-state index >= 15 is 0 Å². The van der Waals surface area contributed by atoms with Crippen LogP contribution in [0.1, 0.15) is 32.3 Å². The first-order valence-corrected chi connectivity index (χ1v) is 12.4. The van der Waals surface area contributed by atoms with Crippen LogP contribution in [0, 0.1) is 5.82 Å². The first-order valence-electron chi connectivity index (χ1n) is 10.5. The van der Waals surface area contributed by atoms with Gasteiger partial charge in [-0.15, -0.1) is 0 Å². The zero-order valence-corrected chi connectivity index (χ0v) is 19.4. The van der Waals surface area contributed by atoms with Crippen LogP contribution in [0.3, 0.4) is 0 Å². The van der Waals surface area contributed by atoms with Crippen molar-refractivity contribution in [2.24, 2.45) is 0 Å². The van der Waals surface area contributed by atoms with Gasteiger partial charge in [-0.3, -0.25) is 13.9 Å². The Bertz CT molecular complexity index is 1010. The van der Waals surface area contributed by atoms with Gasteiger partial charge < -0.3 is 10.2 Å².